The van der Waals surface area contributed by atoms with Crippen LogP contribution in [0.15, 0.2) is 60.5 Å². The SMILES string of the molecule is CN1CCN(c2ccc(Nc3ncc4oc5c(c4n3)C3(CCCCC3)CNC5=O)nc2)CC1.CS(=O)(=O)c1ncc2oc3c(c2n1)C1(CCCCC1)CNC3=O.CSc1ncc2oc3c(c2n1)C1(CCCCC1)CNC3=O. The van der Waals surface area contributed by atoms with Crippen molar-refractivity contribution >= 4 is 90.1 Å². The third-order valence-corrected chi connectivity index (χ3v) is 18.4. The minimum Gasteiger partial charge on any atom is -0.447 e. The number of anilines is 3. The molecule has 3 spiro atoms. The topological polar surface area (TPSA) is 270 Å². The Labute approximate surface area is 449 Å². The number of pyridine rings is 1. The van der Waals surface area contributed by atoms with Crippen molar-refractivity contribution in [3.8, 4) is 0 Å². The molecular weight excluding hydrogens is 1020 g/mol. The quantitative estimate of drug-likeness (QED) is 0.0958. The molecular formula is C54H63N13O8S2. The van der Waals surface area contributed by atoms with Gasteiger partial charge in [0, 0.05) is 85.0 Å². The van der Waals surface area contributed by atoms with Crippen LogP contribution < -0.4 is 26.2 Å². The van der Waals surface area contributed by atoms with Crippen LogP contribution >= 0.6 is 11.8 Å². The molecule has 404 valence electrons. The van der Waals surface area contributed by atoms with Crippen molar-refractivity contribution in [2.24, 2.45) is 0 Å². The Kier molecular flexibility index (Phi) is 13.4. The largest absolute Gasteiger partial charge is 0.447 e. The molecule has 23 heteroatoms. The lowest BCUT2D eigenvalue weighted by Gasteiger charge is -2.39. The van der Waals surface area contributed by atoms with E-state index in [-0.39, 0.29) is 44.9 Å². The highest BCUT2D eigenvalue weighted by Gasteiger charge is 2.48. The number of hydrogen-bond acceptors (Lipinski definition) is 19. The van der Waals surface area contributed by atoms with E-state index in [4.69, 9.17) is 18.2 Å². The van der Waals surface area contributed by atoms with Crippen molar-refractivity contribution in [2.45, 2.75) is 123 Å². The third kappa shape index (κ3) is 9.44. The number of likely N-dealkylation sites (N-methyl/N-ethyl adjacent to an activating group) is 1. The van der Waals surface area contributed by atoms with E-state index in [1.807, 2.05) is 18.5 Å². The smallest absolute Gasteiger partial charge is 0.287 e. The lowest BCUT2D eigenvalue weighted by Crippen LogP contribution is -2.47. The van der Waals surface area contributed by atoms with Gasteiger partial charge in [-0.05, 0) is 64.0 Å². The third-order valence-electron chi connectivity index (χ3n) is 17.0. The Morgan fingerprint density at radius 2 is 1.03 bits per heavy atom. The van der Waals surface area contributed by atoms with Crippen LogP contribution in [0.1, 0.15) is 145 Å². The molecule has 3 amide bonds. The summed E-state index contributed by atoms with van der Waals surface area (Å²) in [5.41, 5.74) is 7.16. The zero-order valence-corrected chi connectivity index (χ0v) is 45.3. The van der Waals surface area contributed by atoms with Gasteiger partial charge in [0.15, 0.2) is 39.2 Å². The fraction of sp³-hybridized carbons (Fsp3) is 0.519. The first-order valence-electron chi connectivity index (χ1n) is 26.9. The Morgan fingerprint density at radius 1 is 0.571 bits per heavy atom. The second-order valence-corrected chi connectivity index (χ2v) is 24.6. The van der Waals surface area contributed by atoms with Crippen LogP contribution in [-0.4, -0.2) is 131 Å². The average Bonchev–Trinajstić information content (AvgIpc) is 4.36. The summed E-state index contributed by atoms with van der Waals surface area (Å²) >= 11 is 1.51. The number of fused-ring (bicyclic) bond motifs is 12. The summed E-state index contributed by atoms with van der Waals surface area (Å²) < 4.78 is 40.9. The van der Waals surface area contributed by atoms with Crippen LogP contribution in [0.3, 0.4) is 0 Å². The Morgan fingerprint density at radius 3 is 1.48 bits per heavy atom. The predicted molar refractivity (Wildman–Crippen MR) is 289 cm³/mol. The molecule has 0 aromatic carbocycles. The van der Waals surface area contributed by atoms with E-state index in [9.17, 15) is 22.8 Å². The number of hydrogen-bond donors (Lipinski definition) is 4. The van der Waals surface area contributed by atoms with Crippen LogP contribution in [0.4, 0.5) is 17.5 Å². The summed E-state index contributed by atoms with van der Waals surface area (Å²) in [6.45, 7) is 6.02. The molecule has 4 aliphatic heterocycles. The molecule has 11 heterocycles. The normalized spacial score (nSPS) is 20.6. The number of carbonyl (C=O) groups excluding carboxylic acids is 3. The highest BCUT2D eigenvalue weighted by atomic mass is 32.2. The molecule has 4 fully saturated rings. The molecule has 3 aliphatic carbocycles. The molecule has 21 nitrogen and oxygen atoms in total. The van der Waals surface area contributed by atoms with Gasteiger partial charge in [0.2, 0.25) is 20.9 Å². The number of amides is 3. The fourth-order valence-electron chi connectivity index (χ4n) is 13.0. The summed E-state index contributed by atoms with van der Waals surface area (Å²) in [5, 5.41) is 12.7. The van der Waals surface area contributed by atoms with E-state index < -0.39 is 9.84 Å². The van der Waals surface area contributed by atoms with Gasteiger partial charge >= 0.3 is 0 Å². The van der Waals surface area contributed by atoms with Crippen molar-refractivity contribution in [3.05, 3.63) is 70.9 Å². The van der Waals surface area contributed by atoms with Gasteiger partial charge in [0.05, 0.1) is 30.5 Å². The maximum atomic E-state index is 12.6. The number of nitrogens with one attached hydrogen (secondary N) is 4. The number of carbonyl (C=O) groups is 3. The lowest BCUT2D eigenvalue weighted by atomic mass is 9.67. The molecule has 7 aliphatic rings. The molecule has 7 aromatic rings. The Bertz CT molecular complexity index is 3530. The molecule has 0 bridgehead atoms. The van der Waals surface area contributed by atoms with E-state index in [0.717, 1.165) is 135 Å². The second-order valence-electron chi connectivity index (χ2n) is 21.9. The van der Waals surface area contributed by atoms with Crippen molar-refractivity contribution < 1.29 is 36.1 Å². The molecule has 0 unspecified atom stereocenters. The molecule has 4 N–H and O–H groups in total. The van der Waals surface area contributed by atoms with Crippen molar-refractivity contribution in [2.75, 3.05) is 75.6 Å². The van der Waals surface area contributed by atoms with E-state index in [1.165, 1.54) is 50.1 Å². The zero-order chi connectivity index (χ0) is 53.1. The molecule has 0 radical (unpaired) electrons. The summed E-state index contributed by atoms with van der Waals surface area (Å²) in [4.78, 5) is 72.4. The van der Waals surface area contributed by atoms with Crippen molar-refractivity contribution in [3.63, 3.8) is 0 Å². The van der Waals surface area contributed by atoms with Gasteiger partial charge in [0.25, 0.3) is 17.7 Å². The first-order valence-corrected chi connectivity index (χ1v) is 30.0. The van der Waals surface area contributed by atoms with Crippen LogP contribution in [0, 0.1) is 0 Å². The van der Waals surface area contributed by atoms with Gasteiger partial charge in [-0.15, -0.1) is 0 Å². The molecule has 0 atom stereocenters. The zero-order valence-electron chi connectivity index (χ0n) is 43.6. The lowest BCUT2D eigenvalue weighted by molar-refractivity contribution is 0.0875. The highest BCUT2D eigenvalue weighted by molar-refractivity contribution is 7.98. The molecule has 3 saturated carbocycles. The standard InChI is InChI=1S/C24H29N7O2.C15H17N3O4S.C15H17N3O2S/c1-30-9-11-31(12-10-30)16-5-6-18(25-13-16)28-23-26-14-17-20(29-23)19-21(33-17)22(32)27-15-24(19)7-3-2-4-8-24;1-23(20,21)14-16-7-9-11(18-14)10-12(22-9)13(19)17-8-15(10)5-3-2-4-6-15;1-21-14-16-7-9-11(18-14)10-12(20-9)13(19)17-8-15(10)5-3-2-4-6-15/h5-6,13-14H,2-4,7-12,15H2,1H3,(H,27,32)(H,25,26,28,29);7H,2-6,8H2,1H3,(H,17,19);7H,2-6,8H2,1H3,(H,17,19). The minimum absolute atomic E-state index is 0.00320. The number of aromatic nitrogens is 7. The molecule has 14 rings (SSSR count). The van der Waals surface area contributed by atoms with Crippen LogP contribution in [0.5, 0.6) is 0 Å². The number of sulfone groups is 1. The average molecular weight is 1090 g/mol. The Balaban J connectivity index is 0.000000120. The number of piperazine rings is 1. The number of nitrogens with zero attached hydrogens (tertiary/aromatic N) is 9. The molecule has 77 heavy (non-hydrogen) atoms. The van der Waals surface area contributed by atoms with E-state index in [2.05, 4.69) is 74.1 Å². The molecule has 1 saturated heterocycles. The summed E-state index contributed by atoms with van der Waals surface area (Å²) in [6.07, 6.45) is 26.3. The van der Waals surface area contributed by atoms with Gasteiger partial charge < -0.3 is 44.3 Å². The maximum Gasteiger partial charge on any atom is 0.287 e. The van der Waals surface area contributed by atoms with E-state index >= 15 is 0 Å². The van der Waals surface area contributed by atoms with Gasteiger partial charge in [-0.25, -0.2) is 43.3 Å². The van der Waals surface area contributed by atoms with Crippen LogP contribution in [0.2, 0.25) is 0 Å². The van der Waals surface area contributed by atoms with E-state index in [1.54, 1.807) is 12.4 Å². The fourth-order valence-corrected chi connectivity index (χ4v) is 13.8. The van der Waals surface area contributed by atoms with Crippen LogP contribution in [0.25, 0.3) is 33.3 Å². The van der Waals surface area contributed by atoms with Crippen molar-refractivity contribution in [1.29, 1.82) is 0 Å². The first kappa shape index (κ1) is 51.1. The van der Waals surface area contributed by atoms with Gasteiger partial charge in [0.1, 0.15) is 22.4 Å². The monoisotopic (exact) mass is 1090 g/mol. The number of furan rings is 3. The highest BCUT2D eigenvalue weighted by Crippen LogP contribution is 2.49. The van der Waals surface area contributed by atoms with Crippen molar-refractivity contribution in [1.82, 2.24) is 55.7 Å². The first-order chi connectivity index (χ1) is 37.3. The Hall–Kier alpha value is -6.72. The van der Waals surface area contributed by atoms with Gasteiger partial charge in [-0.1, -0.05) is 69.5 Å². The number of thioether (sulfide) groups is 1. The summed E-state index contributed by atoms with van der Waals surface area (Å²) in [7, 11) is -1.37. The summed E-state index contributed by atoms with van der Waals surface area (Å²) in [6, 6.07) is 4.04. The minimum atomic E-state index is -3.52. The van der Waals surface area contributed by atoms with E-state index in [0.29, 0.717) is 65.2 Å². The van der Waals surface area contributed by atoms with Gasteiger partial charge in [-0.3, -0.25) is 14.4 Å². The molecule has 7 aromatic heterocycles. The maximum absolute atomic E-state index is 12.6. The van der Waals surface area contributed by atoms with Gasteiger partial charge in [-0.2, -0.15) is 0 Å². The van der Waals surface area contributed by atoms with Crippen LogP contribution in [-0.2, 0) is 26.1 Å². The second kappa shape index (κ2) is 20.3. The number of rotatable bonds is 5. The predicted octanol–water partition coefficient (Wildman–Crippen LogP) is 7.52. The summed E-state index contributed by atoms with van der Waals surface area (Å²) in [5.74, 6) is 1.71.